The van der Waals surface area contributed by atoms with Crippen molar-refractivity contribution in [2.24, 2.45) is 0 Å². The highest BCUT2D eigenvalue weighted by Gasteiger charge is 2.39. The molecule has 3 atom stereocenters. The van der Waals surface area contributed by atoms with E-state index in [0.717, 1.165) is 38.2 Å². The van der Waals surface area contributed by atoms with E-state index in [0.29, 0.717) is 12.3 Å². The molecule has 10 nitrogen and oxygen atoms in total. The molecule has 2 N–H and O–H groups in total. The first kappa shape index (κ1) is 22.7. The lowest BCUT2D eigenvalue weighted by Crippen LogP contribution is -2.37. The molecule has 3 aromatic heterocycles. The first-order valence-corrected chi connectivity index (χ1v) is 11.5. The number of alkyl halides is 2. The molecule has 0 spiro atoms. The molecule has 3 aromatic rings. The van der Waals surface area contributed by atoms with E-state index in [1.165, 1.54) is 21.6 Å². The van der Waals surface area contributed by atoms with Crippen LogP contribution in [-0.2, 0) is 4.74 Å². The second kappa shape index (κ2) is 9.26. The van der Waals surface area contributed by atoms with Gasteiger partial charge in [-0.25, -0.2) is 18.3 Å². The summed E-state index contributed by atoms with van der Waals surface area (Å²) in [5, 5.41) is 14.0. The number of halogens is 2. The van der Waals surface area contributed by atoms with E-state index in [1.807, 2.05) is 20.0 Å². The zero-order valence-electron chi connectivity index (χ0n) is 19.1. The lowest BCUT2D eigenvalue weighted by Gasteiger charge is -2.27. The van der Waals surface area contributed by atoms with Gasteiger partial charge >= 0.3 is 0 Å². The SMILES string of the molecule is CCC(CCNC)n1cc(NC(=O)c2cnn3ccc(N4CC5C[C@@H]4CO5)nc23)c(C(F)F)n1. The molecule has 2 fully saturated rings. The van der Waals surface area contributed by atoms with Crippen molar-refractivity contribution in [2.75, 3.05) is 37.0 Å². The fourth-order valence-electron chi connectivity index (χ4n) is 4.73. The van der Waals surface area contributed by atoms with Crippen molar-refractivity contribution >= 4 is 23.1 Å². The first-order chi connectivity index (χ1) is 16.5. The first-order valence-electron chi connectivity index (χ1n) is 11.5. The van der Waals surface area contributed by atoms with Crippen molar-refractivity contribution in [1.29, 1.82) is 0 Å². The summed E-state index contributed by atoms with van der Waals surface area (Å²) in [6.07, 6.45) is 4.44. The van der Waals surface area contributed by atoms with Crippen LogP contribution in [-0.4, -0.2) is 69.2 Å². The van der Waals surface area contributed by atoms with Gasteiger partial charge in [0, 0.05) is 18.9 Å². The Morgan fingerprint density at radius 3 is 2.91 bits per heavy atom. The van der Waals surface area contributed by atoms with Crippen LogP contribution in [0.3, 0.4) is 0 Å². The average molecular weight is 475 g/mol. The number of rotatable bonds is 9. The summed E-state index contributed by atoms with van der Waals surface area (Å²) >= 11 is 0. The molecule has 5 heterocycles. The molecular formula is C22H28F2N8O2. The molecule has 12 heteroatoms. The van der Waals surface area contributed by atoms with Gasteiger partial charge in [0.1, 0.15) is 11.4 Å². The van der Waals surface area contributed by atoms with Gasteiger partial charge < -0.3 is 20.3 Å². The number of morpholine rings is 1. The number of anilines is 2. The van der Waals surface area contributed by atoms with Gasteiger partial charge in [0.15, 0.2) is 11.3 Å². The Hall–Kier alpha value is -3.12. The lowest BCUT2D eigenvalue weighted by molar-refractivity contribution is 0.0988. The van der Waals surface area contributed by atoms with E-state index in [4.69, 9.17) is 4.74 Å². The summed E-state index contributed by atoms with van der Waals surface area (Å²) in [6.45, 7) is 4.12. The fraction of sp³-hybridized carbons (Fsp3) is 0.545. The number of ether oxygens (including phenoxy) is 1. The summed E-state index contributed by atoms with van der Waals surface area (Å²) in [5.41, 5.74) is 0.115. The van der Waals surface area contributed by atoms with Crippen molar-refractivity contribution in [3.8, 4) is 0 Å². The second-order valence-corrected chi connectivity index (χ2v) is 8.73. The molecule has 2 aliphatic rings. The molecule has 2 unspecified atom stereocenters. The van der Waals surface area contributed by atoms with Crippen LogP contribution >= 0.6 is 0 Å². The Bertz CT molecular complexity index is 1180. The van der Waals surface area contributed by atoms with Crippen LogP contribution in [0.25, 0.3) is 5.65 Å². The van der Waals surface area contributed by atoms with Crippen molar-refractivity contribution in [2.45, 2.75) is 50.8 Å². The molecule has 0 radical (unpaired) electrons. The molecule has 0 aliphatic carbocycles. The Labute approximate surface area is 195 Å². The summed E-state index contributed by atoms with van der Waals surface area (Å²) in [5.74, 6) is 0.185. The zero-order chi connectivity index (χ0) is 23.8. The molecule has 2 aliphatic heterocycles. The number of hydrogen-bond donors (Lipinski definition) is 2. The van der Waals surface area contributed by atoms with E-state index in [2.05, 4.69) is 30.7 Å². The molecule has 0 saturated carbocycles. The summed E-state index contributed by atoms with van der Waals surface area (Å²) in [4.78, 5) is 20.0. The maximum absolute atomic E-state index is 13.7. The fourth-order valence-corrected chi connectivity index (χ4v) is 4.73. The van der Waals surface area contributed by atoms with Gasteiger partial charge in [-0.3, -0.25) is 9.48 Å². The van der Waals surface area contributed by atoms with E-state index >= 15 is 0 Å². The molecule has 5 rings (SSSR count). The molecule has 0 aromatic carbocycles. The maximum Gasteiger partial charge on any atom is 0.284 e. The highest BCUT2D eigenvalue weighted by atomic mass is 19.3. The van der Waals surface area contributed by atoms with E-state index in [1.54, 1.807) is 6.20 Å². The highest BCUT2D eigenvalue weighted by molar-refractivity contribution is 6.08. The van der Waals surface area contributed by atoms with Crippen LogP contribution in [0.4, 0.5) is 20.3 Å². The third-order valence-corrected chi connectivity index (χ3v) is 6.58. The summed E-state index contributed by atoms with van der Waals surface area (Å²) < 4.78 is 36.1. The van der Waals surface area contributed by atoms with Crippen LogP contribution in [0.15, 0.2) is 24.7 Å². The van der Waals surface area contributed by atoms with Crippen LogP contribution in [0.2, 0.25) is 0 Å². The van der Waals surface area contributed by atoms with Gasteiger partial charge in [-0.1, -0.05) is 6.92 Å². The van der Waals surface area contributed by atoms with Gasteiger partial charge in [-0.15, -0.1) is 0 Å². The molecule has 2 saturated heterocycles. The minimum Gasteiger partial charge on any atom is -0.374 e. The van der Waals surface area contributed by atoms with E-state index in [9.17, 15) is 13.6 Å². The molecule has 1 amide bonds. The third kappa shape index (κ3) is 4.11. The Morgan fingerprint density at radius 2 is 2.24 bits per heavy atom. The Balaban J connectivity index is 1.40. The third-order valence-electron chi connectivity index (χ3n) is 6.58. The van der Waals surface area contributed by atoms with Gasteiger partial charge in [0.25, 0.3) is 12.3 Å². The standard InChI is InChI=1S/C22H28F2N8O2/c1-3-13(4-6-25-2)32-11-17(19(29-32)20(23)24)27-22(33)16-9-26-31-7-5-18(28-21(16)31)30-10-15-8-14(30)12-34-15/h5,7,9,11,13-15,20,25H,3-4,6,8,10,12H2,1-2H3,(H,27,33)/t13?,14-,15?/m1/s1. The second-order valence-electron chi connectivity index (χ2n) is 8.73. The minimum atomic E-state index is -2.82. The number of nitrogens with one attached hydrogen (secondary N) is 2. The van der Waals surface area contributed by atoms with Gasteiger partial charge in [-0.2, -0.15) is 10.2 Å². The normalized spacial score (nSPS) is 20.6. The molecular weight excluding hydrogens is 446 g/mol. The van der Waals surface area contributed by atoms with Crippen molar-refractivity contribution < 1.29 is 18.3 Å². The molecule has 34 heavy (non-hydrogen) atoms. The number of nitrogens with zero attached hydrogens (tertiary/aromatic N) is 6. The summed E-state index contributed by atoms with van der Waals surface area (Å²) in [6, 6.07) is 2.07. The molecule has 182 valence electrons. The van der Waals surface area contributed by atoms with Gasteiger partial charge in [0.2, 0.25) is 0 Å². The Kier molecular flexibility index (Phi) is 6.17. The van der Waals surface area contributed by atoms with Gasteiger partial charge in [-0.05, 0) is 38.9 Å². The van der Waals surface area contributed by atoms with Crippen molar-refractivity contribution in [3.63, 3.8) is 0 Å². The molecule has 2 bridgehead atoms. The smallest absolute Gasteiger partial charge is 0.284 e. The number of hydrogen-bond acceptors (Lipinski definition) is 7. The van der Waals surface area contributed by atoms with E-state index < -0.39 is 18.0 Å². The van der Waals surface area contributed by atoms with Crippen LogP contribution in [0.5, 0.6) is 0 Å². The zero-order valence-corrected chi connectivity index (χ0v) is 19.1. The van der Waals surface area contributed by atoms with Gasteiger partial charge in [0.05, 0.1) is 36.7 Å². The van der Waals surface area contributed by atoms with E-state index in [-0.39, 0.29) is 29.4 Å². The predicted molar refractivity (Wildman–Crippen MR) is 121 cm³/mol. The number of fused-ring (bicyclic) bond motifs is 3. The number of aromatic nitrogens is 5. The van der Waals surface area contributed by atoms with Crippen molar-refractivity contribution in [3.05, 3.63) is 35.9 Å². The van der Waals surface area contributed by atoms with Crippen LogP contribution in [0.1, 0.15) is 54.7 Å². The largest absolute Gasteiger partial charge is 0.374 e. The monoisotopic (exact) mass is 474 g/mol. The van der Waals surface area contributed by atoms with Crippen LogP contribution in [0, 0.1) is 0 Å². The quantitative estimate of drug-likeness (QED) is 0.492. The predicted octanol–water partition coefficient (Wildman–Crippen LogP) is 2.65. The minimum absolute atomic E-state index is 0.00702. The number of carbonyl (C=O) groups excluding carboxylic acids is 1. The maximum atomic E-state index is 13.7. The summed E-state index contributed by atoms with van der Waals surface area (Å²) in [7, 11) is 1.84. The topological polar surface area (TPSA) is 102 Å². The number of amides is 1. The van der Waals surface area contributed by atoms with Crippen LogP contribution < -0.4 is 15.5 Å². The average Bonchev–Trinajstić information content (AvgIpc) is 3.62. The lowest BCUT2D eigenvalue weighted by atomic mass is 10.1. The Morgan fingerprint density at radius 1 is 1.38 bits per heavy atom. The number of carbonyl (C=O) groups is 1. The highest BCUT2D eigenvalue weighted by Crippen LogP contribution is 2.32. The van der Waals surface area contributed by atoms with Crippen molar-refractivity contribution in [1.82, 2.24) is 29.7 Å².